The molecule has 0 spiro atoms. The topological polar surface area (TPSA) is 97.0 Å². The zero-order valence-corrected chi connectivity index (χ0v) is 19.3. The molecule has 1 saturated carbocycles. The van der Waals surface area contributed by atoms with Crippen molar-refractivity contribution < 1.29 is 22.7 Å². The zero-order chi connectivity index (χ0) is 25.2. The van der Waals surface area contributed by atoms with Gasteiger partial charge in [0.05, 0.1) is 29.8 Å². The second-order valence-corrected chi connectivity index (χ2v) is 8.86. The molecule has 0 saturated heterocycles. The van der Waals surface area contributed by atoms with Crippen LogP contribution in [0.5, 0.6) is 5.75 Å². The summed E-state index contributed by atoms with van der Waals surface area (Å²) in [6, 6.07) is 7.95. The summed E-state index contributed by atoms with van der Waals surface area (Å²) in [6.07, 6.45) is -0.881. The normalized spacial score (nSPS) is 13.7. The third-order valence-electron chi connectivity index (χ3n) is 5.56. The second-order valence-electron chi connectivity index (χ2n) is 8.86. The summed E-state index contributed by atoms with van der Waals surface area (Å²) in [7, 11) is 0. The van der Waals surface area contributed by atoms with Crippen molar-refractivity contribution in [3.63, 3.8) is 0 Å². The fourth-order valence-electron chi connectivity index (χ4n) is 3.37. The van der Waals surface area contributed by atoms with E-state index in [1.807, 2.05) is 0 Å². The Labute approximate surface area is 199 Å². The lowest BCUT2D eigenvalue weighted by atomic mass is 10.0. The van der Waals surface area contributed by atoms with Crippen LogP contribution in [0.25, 0.3) is 22.8 Å². The van der Waals surface area contributed by atoms with Crippen LogP contribution in [-0.2, 0) is 17.5 Å². The molecule has 1 amide bonds. The van der Waals surface area contributed by atoms with Gasteiger partial charge in [0.25, 0.3) is 5.56 Å². The van der Waals surface area contributed by atoms with Crippen LogP contribution >= 0.6 is 0 Å². The summed E-state index contributed by atoms with van der Waals surface area (Å²) < 4.78 is 47.0. The Balaban J connectivity index is 1.67. The molecule has 0 aliphatic heterocycles. The van der Waals surface area contributed by atoms with Crippen LogP contribution in [0.2, 0.25) is 0 Å². The Kier molecular flexibility index (Phi) is 6.90. The van der Waals surface area contributed by atoms with Crippen LogP contribution in [0.4, 0.5) is 13.2 Å². The number of rotatable bonds is 8. The number of nitrogens with zero attached hydrogens (tertiary/aromatic N) is 2. The van der Waals surface area contributed by atoms with Gasteiger partial charge in [0.2, 0.25) is 5.91 Å². The number of carbonyl (C=O) groups excluding carboxylic acids is 1. The molecule has 0 atom stereocenters. The van der Waals surface area contributed by atoms with Crippen molar-refractivity contribution >= 4 is 5.91 Å². The van der Waals surface area contributed by atoms with E-state index >= 15 is 0 Å². The van der Waals surface area contributed by atoms with Gasteiger partial charge < -0.3 is 15.0 Å². The summed E-state index contributed by atoms with van der Waals surface area (Å²) in [5.74, 6) is 0.407. The summed E-state index contributed by atoms with van der Waals surface area (Å²) in [5, 5.41) is 2.68. The number of amides is 1. The van der Waals surface area contributed by atoms with Crippen LogP contribution in [0.15, 0.2) is 47.4 Å². The van der Waals surface area contributed by atoms with Crippen molar-refractivity contribution in [3.8, 4) is 28.5 Å². The number of aromatic nitrogens is 3. The molecule has 184 valence electrons. The monoisotopic (exact) mass is 486 g/mol. The number of H-pyrrole nitrogens is 1. The maximum Gasteiger partial charge on any atom is 0.417 e. The number of aromatic amines is 1. The number of alkyl halides is 3. The molecule has 2 aromatic heterocycles. The Morgan fingerprint density at radius 2 is 1.94 bits per heavy atom. The smallest absolute Gasteiger partial charge is 0.417 e. The second kappa shape index (κ2) is 9.89. The molecule has 3 aromatic rings. The SMILES string of the molecule is CC(C)C(=O)NCc1ccc(C(F)(F)F)c(-c2nc(-c3ccc(OCC4CC4)cn3)cc(=O)[nH]2)c1. The van der Waals surface area contributed by atoms with E-state index in [-0.39, 0.29) is 35.5 Å². The minimum Gasteiger partial charge on any atom is -0.492 e. The Morgan fingerprint density at radius 1 is 1.17 bits per heavy atom. The van der Waals surface area contributed by atoms with Gasteiger partial charge in [-0.3, -0.25) is 14.6 Å². The molecule has 0 radical (unpaired) electrons. The van der Waals surface area contributed by atoms with E-state index < -0.39 is 17.3 Å². The predicted molar refractivity (Wildman–Crippen MR) is 123 cm³/mol. The first-order valence-electron chi connectivity index (χ1n) is 11.3. The Hall–Kier alpha value is -3.69. The number of pyridine rings is 1. The van der Waals surface area contributed by atoms with Gasteiger partial charge in [0.15, 0.2) is 0 Å². The summed E-state index contributed by atoms with van der Waals surface area (Å²) >= 11 is 0. The van der Waals surface area contributed by atoms with Crippen molar-refractivity contribution in [2.75, 3.05) is 6.61 Å². The maximum absolute atomic E-state index is 13.8. The average Bonchev–Trinajstić information content (AvgIpc) is 3.65. The fraction of sp³-hybridized carbons (Fsp3) is 0.360. The summed E-state index contributed by atoms with van der Waals surface area (Å²) in [4.78, 5) is 35.2. The van der Waals surface area contributed by atoms with Crippen molar-refractivity contribution in [2.24, 2.45) is 11.8 Å². The lowest BCUT2D eigenvalue weighted by Gasteiger charge is -2.15. The van der Waals surface area contributed by atoms with E-state index in [0.717, 1.165) is 18.9 Å². The number of ether oxygens (including phenoxy) is 1. The van der Waals surface area contributed by atoms with Crippen LogP contribution in [-0.4, -0.2) is 27.5 Å². The van der Waals surface area contributed by atoms with E-state index in [4.69, 9.17) is 4.74 Å². The van der Waals surface area contributed by atoms with Crippen LogP contribution < -0.4 is 15.6 Å². The van der Waals surface area contributed by atoms with Gasteiger partial charge >= 0.3 is 6.18 Å². The van der Waals surface area contributed by atoms with E-state index in [1.54, 1.807) is 26.0 Å². The van der Waals surface area contributed by atoms with Gasteiger partial charge in [-0.2, -0.15) is 13.2 Å². The molecular weight excluding hydrogens is 461 g/mol. The Morgan fingerprint density at radius 3 is 2.57 bits per heavy atom. The molecule has 1 aliphatic rings. The molecule has 1 aliphatic carbocycles. The molecule has 35 heavy (non-hydrogen) atoms. The zero-order valence-electron chi connectivity index (χ0n) is 19.3. The highest BCUT2D eigenvalue weighted by Gasteiger charge is 2.34. The highest BCUT2D eigenvalue weighted by atomic mass is 19.4. The highest BCUT2D eigenvalue weighted by Crippen LogP contribution is 2.37. The standard InChI is InChI=1S/C25H25F3N4O3/c1-14(2)24(34)30-11-16-5-7-19(25(26,27)28)18(9-16)23-31-21(10-22(33)32-23)20-8-6-17(12-29-20)35-13-15-3-4-15/h5-10,12,14-15H,3-4,11,13H2,1-2H3,(H,30,34)(H,31,32,33). The number of carbonyl (C=O) groups is 1. The summed E-state index contributed by atoms with van der Waals surface area (Å²) in [5.41, 5.74) is -0.974. The van der Waals surface area contributed by atoms with E-state index in [0.29, 0.717) is 29.5 Å². The molecule has 1 fully saturated rings. The van der Waals surface area contributed by atoms with E-state index in [9.17, 15) is 22.8 Å². The number of nitrogens with one attached hydrogen (secondary N) is 2. The van der Waals surface area contributed by atoms with Crippen molar-refractivity contribution in [1.29, 1.82) is 0 Å². The lowest BCUT2D eigenvalue weighted by Crippen LogP contribution is -2.27. The van der Waals surface area contributed by atoms with Gasteiger partial charge in [-0.05, 0) is 48.6 Å². The van der Waals surface area contributed by atoms with E-state index in [2.05, 4.69) is 20.3 Å². The molecule has 0 bridgehead atoms. The third-order valence-corrected chi connectivity index (χ3v) is 5.56. The highest BCUT2D eigenvalue weighted by molar-refractivity contribution is 5.77. The van der Waals surface area contributed by atoms with Gasteiger partial charge in [-0.25, -0.2) is 4.98 Å². The van der Waals surface area contributed by atoms with E-state index in [1.165, 1.54) is 24.4 Å². The largest absolute Gasteiger partial charge is 0.492 e. The molecule has 1 aromatic carbocycles. The lowest BCUT2D eigenvalue weighted by molar-refractivity contribution is -0.137. The molecule has 2 heterocycles. The number of hydrogen-bond acceptors (Lipinski definition) is 5. The molecule has 0 unspecified atom stereocenters. The molecule has 10 heteroatoms. The number of hydrogen-bond donors (Lipinski definition) is 2. The summed E-state index contributed by atoms with van der Waals surface area (Å²) in [6.45, 7) is 4.08. The van der Waals surface area contributed by atoms with Gasteiger partial charge in [-0.15, -0.1) is 0 Å². The molecule has 7 nitrogen and oxygen atoms in total. The van der Waals surface area contributed by atoms with Crippen molar-refractivity contribution in [2.45, 2.75) is 39.4 Å². The minimum absolute atomic E-state index is 0.0376. The van der Waals surface area contributed by atoms with Gasteiger partial charge in [0, 0.05) is 24.1 Å². The van der Waals surface area contributed by atoms with Gasteiger partial charge in [-0.1, -0.05) is 19.9 Å². The molecular formula is C25H25F3N4O3. The number of halogens is 3. The average molecular weight is 486 g/mol. The van der Waals surface area contributed by atoms with Crippen molar-refractivity contribution in [3.05, 3.63) is 64.1 Å². The first kappa shape index (κ1) is 24.4. The first-order valence-corrected chi connectivity index (χ1v) is 11.3. The molecule has 4 rings (SSSR count). The quantitative estimate of drug-likeness (QED) is 0.486. The maximum atomic E-state index is 13.8. The van der Waals surface area contributed by atoms with Crippen molar-refractivity contribution in [1.82, 2.24) is 20.3 Å². The minimum atomic E-state index is -4.68. The number of benzene rings is 1. The Bertz CT molecular complexity index is 1270. The molecule has 2 N–H and O–H groups in total. The first-order chi connectivity index (χ1) is 16.6. The predicted octanol–water partition coefficient (Wildman–Crippen LogP) is 4.58. The fourth-order valence-corrected chi connectivity index (χ4v) is 3.37. The van der Waals surface area contributed by atoms with Crippen LogP contribution in [0.3, 0.4) is 0 Å². The van der Waals surface area contributed by atoms with Crippen LogP contribution in [0, 0.1) is 11.8 Å². The third kappa shape index (κ3) is 6.26. The van der Waals surface area contributed by atoms with Crippen LogP contribution in [0.1, 0.15) is 37.8 Å². The van der Waals surface area contributed by atoms with Gasteiger partial charge in [0.1, 0.15) is 11.6 Å².